The first-order valence-electron chi connectivity index (χ1n) is 10.1. The van der Waals surface area contributed by atoms with Gasteiger partial charge in [-0.3, -0.25) is 33.6 Å². The van der Waals surface area contributed by atoms with Gasteiger partial charge in [-0.15, -0.1) is 0 Å². The first kappa shape index (κ1) is 30.7. The van der Waals surface area contributed by atoms with Gasteiger partial charge in [-0.2, -0.15) is 0 Å². The topological polar surface area (TPSA) is 317 Å². The number of nitrogens with two attached hydrogens (primary N) is 4. The summed E-state index contributed by atoms with van der Waals surface area (Å²) in [4.78, 5) is 92.9. The van der Waals surface area contributed by atoms with Gasteiger partial charge in [0.1, 0.15) is 18.1 Å². The Morgan fingerprint density at radius 3 is 1.46 bits per heavy atom. The Balaban J connectivity index is 5.53. The average Bonchev–Trinajstić information content (AvgIpc) is 2.72. The summed E-state index contributed by atoms with van der Waals surface area (Å²) in [6.45, 7) is 0. The van der Waals surface area contributed by atoms with E-state index in [-0.39, 0.29) is 12.8 Å². The van der Waals surface area contributed by atoms with Gasteiger partial charge >= 0.3 is 11.9 Å². The van der Waals surface area contributed by atoms with Gasteiger partial charge in [0.2, 0.25) is 35.4 Å². The Hall–Kier alpha value is -4.28. The molecular formula is C18H29N7O10. The molecule has 0 aromatic carbocycles. The number of amides is 6. The highest BCUT2D eigenvalue weighted by molar-refractivity contribution is 5.97. The summed E-state index contributed by atoms with van der Waals surface area (Å²) in [5.74, 6) is -9.15. The molecule has 0 aliphatic rings. The molecule has 13 N–H and O–H groups in total. The quantitative estimate of drug-likeness (QED) is 0.0902. The minimum absolute atomic E-state index is 0.183. The van der Waals surface area contributed by atoms with Gasteiger partial charge in [0, 0.05) is 12.8 Å². The van der Waals surface area contributed by atoms with Crippen molar-refractivity contribution in [1.82, 2.24) is 16.0 Å². The number of aliphatic carboxylic acids is 2. The molecule has 0 spiro atoms. The van der Waals surface area contributed by atoms with E-state index in [9.17, 15) is 43.5 Å². The molecule has 4 atom stereocenters. The van der Waals surface area contributed by atoms with Gasteiger partial charge in [0.05, 0.1) is 18.9 Å². The van der Waals surface area contributed by atoms with Crippen molar-refractivity contribution < 1.29 is 48.6 Å². The SMILES string of the molecule is NC(=O)CCC(N)C(=O)NC(CC(N)=O)C(=O)NC(CC(=O)O)C(=O)NC(CCC(N)=O)C(=O)O. The number of rotatable bonds is 17. The second-order valence-corrected chi connectivity index (χ2v) is 7.41. The standard InChI is InChI=1S/C18H29N7O10/c19-7(1-3-11(20)26)15(31)24-9(5-13(22)28)16(32)25-10(6-14(29)30)17(33)23-8(18(34)35)2-4-12(21)27/h7-10H,1-6,19H2,(H2,20,26)(H2,21,27)(H2,22,28)(H,23,33)(H,24,31)(H,25,32)(H,29,30)(H,34,35). The third-order valence-corrected chi connectivity index (χ3v) is 4.38. The molecule has 0 aromatic heterocycles. The molecule has 35 heavy (non-hydrogen) atoms. The second-order valence-electron chi connectivity index (χ2n) is 7.41. The number of primary amides is 3. The van der Waals surface area contributed by atoms with Crippen molar-refractivity contribution in [1.29, 1.82) is 0 Å². The second kappa shape index (κ2) is 14.8. The first-order chi connectivity index (χ1) is 16.1. The lowest BCUT2D eigenvalue weighted by atomic mass is 10.1. The predicted molar refractivity (Wildman–Crippen MR) is 114 cm³/mol. The number of carboxylic acid groups (broad SMARTS) is 2. The van der Waals surface area contributed by atoms with E-state index >= 15 is 0 Å². The van der Waals surface area contributed by atoms with E-state index in [0.29, 0.717) is 0 Å². The molecule has 0 aromatic rings. The number of carbonyl (C=O) groups excluding carboxylic acids is 6. The van der Waals surface area contributed by atoms with Crippen LogP contribution in [0.2, 0.25) is 0 Å². The number of nitrogens with one attached hydrogen (secondary N) is 3. The van der Waals surface area contributed by atoms with Crippen LogP contribution < -0.4 is 38.9 Å². The molecule has 4 unspecified atom stereocenters. The molecule has 0 saturated carbocycles. The molecule has 0 aliphatic carbocycles. The molecule has 0 rings (SSSR count). The zero-order valence-corrected chi connectivity index (χ0v) is 18.5. The van der Waals surface area contributed by atoms with Crippen molar-refractivity contribution in [2.24, 2.45) is 22.9 Å². The molecule has 0 radical (unpaired) electrons. The van der Waals surface area contributed by atoms with Crippen molar-refractivity contribution in [2.75, 3.05) is 0 Å². The van der Waals surface area contributed by atoms with Gasteiger partial charge in [0.25, 0.3) is 0 Å². The van der Waals surface area contributed by atoms with Gasteiger partial charge in [-0.25, -0.2) is 4.79 Å². The Morgan fingerprint density at radius 2 is 1.03 bits per heavy atom. The van der Waals surface area contributed by atoms with Gasteiger partial charge in [0.15, 0.2) is 0 Å². The summed E-state index contributed by atoms with van der Waals surface area (Å²) in [5, 5.41) is 24.3. The highest BCUT2D eigenvalue weighted by atomic mass is 16.4. The summed E-state index contributed by atoms with van der Waals surface area (Å²) in [7, 11) is 0. The van der Waals surface area contributed by atoms with Crippen LogP contribution in [0, 0.1) is 0 Å². The molecular weight excluding hydrogens is 474 g/mol. The lowest BCUT2D eigenvalue weighted by Gasteiger charge is -2.24. The minimum atomic E-state index is -1.84. The summed E-state index contributed by atoms with van der Waals surface area (Å²) < 4.78 is 0. The van der Waals surface area contributed by atoms with E-state index in [1.165, 1.54) is 0 Å². The van der Waals surface area contributed by atoms with Crippen LogP contribution >= 0.6 is 0 Å². The normalized spacial score (nSPS) is 13.9. The van der Waals surface area contributed by atoms with E-state index in [0.717, 1.165) is 0 Å². The zero-order chi connectivity index (χ0) is 27.3. The number of carboxylic acids is 2. The van der Waals surface area contributed by atoms with E-state index in [4.69, 9.17) is 28.0 Å². The lowest BCUT2D eigenvalue weighted by molar-refractivity contribution is -0.144. The average molecular weight is 503 g/mol. The van der Waals surface area contributed by atoms with Crippen molar-refractivity contribution >= 4 is 47.4 Å². The Kier molecular flexibility index (Phi) is 13.0. The van der Waals surface area contributed by atoms with Crippen LogP contribution in [0.3, 0.4) is 0 Å². The van der Waals surface area contributed by atoms with Crippen molar-refractivity contribution in [2.45, 2.75) is 62.7 Å². The molecule has 0 heterocycles. The Bertz CT molecular complexity index is 863. The smallest absolute Gasteiger partial charge is 0.326 e. The van der Waals surface area contributed by atoms with Crippen molar-refractivity contribution in [3.05, 3.63) is 0 Å². The fourth-order valence-electron chi connectivity index (χ4n) is 2.59. The molecule has 0 saturated heterocycles. The van der Waals surface area contributed by atoms with Gasteiger partial charge in [-0.05, 0) is 12.8 Å². The molecule has 6 amide bonds. The first-order valence-corrected chi connectivity index (χ1v) is 10.1. The summed E-state index contributed by atoms with van der Waals surface area (Å²) in [6, 6.07) is -6.46. The Labute approximate surface area is 198 Å². The molecule has 0 fully saturated rings. The largest absolute Gasteiger partial charge is 0.481 e. The van der Waals surface area contributed by atoms with E-state index in [2.05, 4.69) is 5.32 Å². The third kappa shape index (κ3) is 13.1. The fraction of sp³-hybridized carbons (Fsp3) is 0.556. The van der Waals surface area contributed by atoms with Gasteiger partial charge in [-0.1, -0.05) is 0 Å². The third-order valence-electron chi connectivity index (χ3n) is 4.38. The molecule has 196 valence electrons. The van der Waals surface area contributed by atoms with E-state index in [1.807, 2.05) is 10.6 Å². The zero-order valence-electron chi connectivity index (χ0n) is 18.5. The highest BCUT2D eigenvalue weighted by Gasteiger charge is 2.32. The molecule has 0 aliphatic heterocycles. The van der Waals surface area contributed by atoms with E-state index < -0.39 is 97.2 Å². The number of hydrogen-bond acceptors (Lipinski definition) is 9. The number of hydrogen-bond donors (Lipinski definition) is 9. The summed E-state index contributed by atoms with van der Waals surface area (Å²) in [5.41, 5.74) is 20.6. The molecule has 0 bridgehead atoms. The van der Waals surface area contributed by atoms with Crippen LogP contribution in [-0.2, 0) is 38.4 Å². The molecule has 17 heteroatoms. The van der Waals surface area contributed by atoms with E-state index in [1.54, 1.807) is 0 Å². The van der Waals surface area contributed by atoms with Crippen LogP contribution in [0.15, 0.2) is 0 Å². The van der Waals surface area contributed by atoms with Crippen LogP contribution in [0.25, 0.3) is 0 Å². The lowest BCUT2D eigenvalue weighted by Crippen LogP contribution is -2.58. The van der Waals surface area contributed by atoms with Crippen LogP contribution in [-0.4, -0.2) is 81.8 Å². The van der Waals surface area contributed by atoms with Crippen LogP contribution in [0.1, 0.15) is 38.5 Å². The highest BCUT2D eigenvalue weighted by Crippen LogP contribution is 2.03. The maximum atomic E-state index is 12.6. The Morgan fingerprint density at radius 1 is 0.600 bits per heavy atom. The monoisotopic (exact) mass is 503 g/mol. The molecule has 17 nitrogen and oxygen atoms in total. The number of carbonyl (C=O) groups is 8. The fourth-order valence-corrected chi connectivity index (χ4v) is 2.59. The van der Waals surface area contributed by atoms with Crippen molar-refractivity contribution in [3.63, 3.8) is 0 Å². The van der Waals surface area contributed by atoms with Gasteiger partial charge < -0.3 is 49.1 Å². The summed E-state index contributed by atoms with van der Waals surface area (Å²) in [6.07, 6.45) is -3.02. The summed E-state index contributed by atoms with van der Waals surface area (Å²) >= 11 is 0. The van der Waals surface area contributed by atoms with Crippen molar-refractivity contribution in [3.8, 4) is 0 Å². The van der Waals surface area contributed by atoms with Crippen LogP contribution in [0.5, 0.6) is 0 Å². The van der Waals surface area contributed by atoms with Crippen LogP contribution in [0.4, 0.5) is 0 Å². The maximum absolute atomic E-state index is 12.6. The predicted octanol–water partition coefficient (Wildman–Crippen LogP) is -5.27. The minimum Gasteiger partial charge on any atom is -0.481 e. The maximum Gasteiger partial charge on any atom is 0.326 e.